The van der Waals surface area contributed by atoms with E-state index in [1.54, 1.807) is 7.11 Å². The number of nitrogens with two attached hydrogens (primary N) is 1. The van der Waals surface area contributed by atoms with E-state index >= 15 is 0 Å². The van der Waals surface area contributed by atoms with Gasteiger partial charge in [0.2, 0.25) is 0 Å². The Hall–Kier alpha value is -0.440. The first-order valence-electron chi connectivity index (χ1n) is 5.40. The summed E-state index contributed by atoms with van der Waals surface area (Å²) < 4.78 is 52.0. The Bertz CT molecular complexity index is 239. The number of alkyl halides is 3. The third-order valence-electron chi connectivity index (χ3n) is 2.03. The molecule has 0 saturated heterocycles. The highest BCUT2D eigenvalue weighted by atomic mass is 32.1. The molecule has 0 aromatic heterocycles. The SMILES string of the molecule is COCCOCCCOCC(C(N)=S)C(F)(F)F. The van der Waals surface area contributed by atoms with Crippen molar-refractivity contribution in [2.24, 2.45) is 11.7 Å². The fraction of sp³-hybridized carbons (Fsp3) is 0.900. The minimum Gasteiger partial charge on any atom is -0.393 e. The first-order valence-corrected chi connectivity index (χ1v) is 5.81. The Labute approximate surface area is 110 Å². The van der Waals surface area contributed by atoms with Crippen molar-refractivity contribution in [3.63, 3.8) is 0 Å². The van der Waals surface area contributed by atoms with Crippen molar-refractivity contribution in [3.05, 3.63) is 0 Å². The van der Waals surface area contributed by atoms with Crippen LogP contribution in [0.25, 0.3) is 0 Å². The quantitative estimate of drug-likeness (QED) is 0.488. The van der Waals surface area contributed by atoms with E-state index in [1.807, 2.05) is 0 Å². The van der Waals surface area contributed by atoms with Gasteiger partial charge in [-0.05, 0) is 6.42 Å². The number of hydrogen-bond donors (Lipinski definition) is 1. The van der Waals surface area contributed by atoms with Crippen molar-refractivity contribution in [1.29, 1.82) is 0 Å². The van der Waals surface area contributed by atoms with Gasteiger partial charge in [0.15, 0.2) is 0 Å². The molecule has 1 atom stereocenters. The van der Waals surface area contributed by atoms with E-state index in [-0.39, 0.29) is 6.61 Å². The number of halogens is 3. The number of ether oxygens (including phenoxy) is 3. The summed E-state index contributed by atoms with van der Waals surface area (Å²) in [6, 6.07) is 0. The standard InChI is InChI=1S/C10H18F3NO3S/c1-15-5-6-16-3-2-4-17-7-8(9(14)18)10(11,12)13/h8H,2-7H2,1H3,(H2,14,18). The molecule has 0 heterocycles. The van der Waals surface area contributed by atoms with Crippen molar-refractivity contribution in [3.8, 4) is 0 Å². The smallest absolute Gasteiger partial charge is 0.393 e. The maximum absolute atomic E-state index is 12.4. The second kappa shape index (κ2) is 9.48. The molecule has 0 aliphatic heterocycles. The third kappa shape index (κ3) is 8.62. The minimum atomic E-state index is -4.46. The van der Waals surface area contributed by atoms with Gasteiger partial charge >= 0.3 is 6.18 Å². The molecule has 0 aromatic carbocycles. The lowest BCUT2D eigenvalue weighted by atomic mass is 10.1. The van der Waals surface area contributed by atoms with Crippen molar-refractivity contribution in [2.45, 2.75) is 12.6 Å². The third-order valence-corrected chi connectivity index (χ3v) is 2.32. The van der Waals surface area contributed by atoms with Crippen LogP contribution in [0, 0.1) is 5.92 Å². The highest BCUT2D eigenvalue weighted by Crippen LogP contribution is 2.26. The van der Waals surface area contributed by atoms with Gasteiger partial charge in [0.05, 0.1) is 24.8 Å². The molecule has 0 fully saturated rings. The van der Waals surface area contributed by atoms with Crippen LogP contribution in [-0.2, 0) is 14.2 Å². The molecule has 0 aromatic rings. The van der Waals surface area contributed by atoms with Crippen LogP contribution >= 0.6 is 12.2 Å². The predicted molar refractivity (Wildman–Crippen MR) is 64.5 cm³/mol. The van der Waals surface area contributed by atoms with E-state index in [2.05, 4.69) is 12.2 Å². The van der Waals surface area contributed by atoms with Crippen LogP contribution in [0.15, 0.2) is 0 Å². The summed E-state index contributed by atoms with van der Waals surface area (Å²) in [6.07, 6.45) is -3.95. The van der Waals surface area contributed by atoms with Crippen LogP contribution in [0.3, 0.4) is 0 Å². The van der Waals surface area contributed by atoms with Gasteiger partial charge in [0.25, 0.3) is 0 Å². The maximum atomic E-state index is 12.4. The fourth-order valence-corrected chi connectivity index (χ4v) is 1.25. The molecule has 18 heavy (non-hydrogen) atoms. The van der Waals surface area contributed by atoms with Gasteiger partial charge in [0.1, 0.15) is 5.92 Å². The van der Waals surface area contributed by atoms with Crippen LogP contribution < -0.4 is 5.73 Å². The summed E-state index contributed by atoms with van der Waals surface area (Å²) in [6.45, 7) is 0.971. The Morgan fingerprint density at radius 2 is 1.78 bits per heavy atom. The fourth-order valence-electron chi connectivity index (χ4n) is 1.05. The Balaban J connectivity index is 3.60. The lowest BCUT2D eigenvalue weighted by molar-refractivity contribution is -0.167. The van der Waals surface area contributed by atoms with Crippen molar-refractivity contribution < 1.29 is 27.4 Å². The van der Waals surface area contributed by atoms with Gasteiger partial charge in [-0.2, -0.15) is 13.2 Å². The summed E-state index contributed by atoms with van der Waals surface area (Å²) in [4.78, 5) is -0.598. The second-order valence-electron chi connectivity index (χ2n) is 3.53. The molecule has 0 amide bonds. The molecule has 2 N–H and O–H groups in total. The maximum Gasteiger partial charge on any atom is 0.400 e. The van der Waals surface area contributed by atoms with Gasteiger partial charge in [-0.3, -0.25) is 0 Å². The van der Waals surface area contributed by atoms with Crippen LogP contribution in [0.2, 0.25) is 0 Å². The molecule has 0 radical (unpaired) electrons. The lowest BCUT2D eigenvalue weighted by Crippen LogP contribution is -2.38. The van der Waals surface area contributed by atoms with E-state index in [4.69, 9.17) is 19.9 Å². The number of thiocarbonyl (C=S) groups is 1. The normalized spacial score (nSPS) is 13.6. The monoisotopic (exact) mass is 289 g/mol. The zero-order valence-corrected chi connectivity index (χ0v) is 11.0. The average molecular weight is 289 g/mol. The first-order chi connectivity index (χ1) is 8.39. The molecule has 0 aliphatic carbocycles. The Kier molecular flexibility index (Phi) is 9.25. The lowest BCUT2D eigenvalue weighted by Gasteiger charge is -2.18. The van der Waals surface area contributed by atoms with Crippen LogP contribution in [0.1, 0.15) is 6.42 Å². The molecule has 0 bridgehead atoms. The molecule has 0 rings (SSSR count). The van der Waals surface area contributed by atoms with E-state index in [0.29, 0.717) is 26.2 Å². The topological polar surface area (TPSA) is 53.7 Å². The number of rotatable bonds is 10. The summed E-state index contributed by atoms with van der Waals surface area (Å²) in [5.41, 5.74) is 5.01. The molecule has 0 saturated carbocycles. The molecule has 0 aliphatic rings. The van der Waals surface area contributed by atoms with Crippen LogP contribution in [0.4, 0.5) is 13.2 Å². The van der Waals surface area contributed by atoms with E-state index in [1.165, 1.54) is 0 Å². The molecule has 1 unspecified atom stereocenters. The van der Waals surface area contributed by atoms with Gasteiger partial charge in [0, 0.05) is 20.3 Å². The molecular weight excluding hydrogens is 271 g/mol. The van der Waals surface area contributed by atoms with Crippen molar-refractivity contribution in [2.75, 3.05) is 40.1 Å². The Morgan fingerprint density at radius 3 is 2.28 bits per heavy atom. The largest absolute Gasteiger partial charge is 0.400 e. The van der Waals surface area contributed by atoms with Gasteiger partial charge < -0.3 is 19.9 Å². The van der Waals surface area contributed by atoms with Crippen LogP contribution in [-0.4, -0.2) is 51.3 Å². The van der Waals surface area contributed by atoms with Crippen molar-refractivity contribution >= 4 is 17.2 Å². The molecule has 8 heteroatoms. The summed E-state index contributed by atoms with van der Waals surface area (Å²) >= 11 is 4.35. The molecule has 4 nitrogen and oxygen atoms in total. The van der Waals surface area contributed by atoms with Gasteiger partial charge in [-0.25, -0.2) is 0 Å². The number of hydrogen-bond acceptors (Lipinski definition) is 4. The predicted octanol–water partition coefficient (Wildman–Crippen LogP) is 1.52. The zero-order valence-electron chi connectivity index (χ0n) is 10.2. The van der Waals surface area contributed by atoms with Gasteiger partial charge in [-0.1, -0.05) is 12.2 Å². The van der Waals surface area contributed by atoms with Crippen molar-refractivity contribution in [1.82, 2.24) is 0 Å². The molecule has 108 valence electrons. The first kappa shape index (κ1) is 17.6. The van der Waals surface area contributed by atoms with E-state index in [9.17, 15) is 13.2 Å². The van der Waals surface area contributed by atoms with E-state index in [0.717, 1.165) is 0 Å². The van der Waals surface area contributed by atoms with Gasteiger partial charge in [-0.15, -0.1) is 0 Å². The summed E-state index contributed by atoms with van der Waals surface area (Å²) in [5.74, 6) is -1.89. The summed E-state index contributed by atoms with van der Waals surface area (Å²) in [7, 11) is 1.56. The summed E-state index contributed by atoms with van der Waals surface area (Å²) in [5, 5.41) is 0. The zero-order chi connectivity index (χ0) is 14.0. The second-order valence-corrected chi connectivity index (χ2v) is 4.00. The van der Waals surface area contributed by atoms with E-state index < -0.39 is 23.7 Å². The average Bonchev–Trinajstić information content (AvgIpc) is 2.24. The highest BCUT2D eigenvalue weighted by Gasteiger charge is 2.41. The number of methoxy groups -OCH3 is 1. The van der Waals surface area contributed by atoms with Crippen LogP contribution in [0.5, 0.6) is 0 Å². The molecular formula is C10H18F3NO3S. The molecule has 0 spiro atoms. The Morgan fingerprint density at radius 1 is 1.17 bits per heavy atom. The highest BCUT2D eigenvalue weighted by molar-refractivity contribution is 7.80. The minimum absolute atomic E-state index is 0.169.